The lowest BCUT2D eigenvalue weighted by molar-refractivity contribution is -0.120. The molecule has 1 amide bonds. The van der Waals surface area contributed by atoms with Crippen LogP contribution in [0.25, 0.3) is 0 Å². The molecule has 0 radical (unpaired) electrons. The number of amides is 1. The van der Waals surface area contributed by atoms with E-state index in [0.29, 0.717) is 0 Å². The van der Waals surface area contributed by atoms with Gasteiger partial charge in [0.1, 0.15) is 6.04 Å². The Bertz CT molecular complexity index is 440. The Balaban J connectivity index is 3.13. The van der Waals surface area contributed by atoms with Gasteiger partial charge in [-0.1, -0.05) is 36.7 Å². The van der Waals surface area contributed by atoms with Crippen molar-refractivity contribution in [2.75, 3.05) is 5.32 Å². The summed E-state index contributed by atoms with van der Waals surface area (Å²) in [5.41, 5.74) is 8.44. The van der Waals surface area contributed by atoms with Gasteiger partial charge in [-0.2, -0.15) is 0 Å². The fraction of sp³-hybridized carbons (Fsp3) is 0.500. The molecule has 0 fully saturated rings. The SMILES string of the molecule is Cc1cc(Br)cc(C)c1NC(C(N)=O)C(C)(C)C. The number of aryl methyl sites for hydroxylation is 2. The third kappa shape index (κ3) is 3.48. The molecule has 0 saturated carbocycles. The van der Waals surface area contributed by atoms with Crippen molar-refractivity contribution in [3.63, 3.8) is 0 Å². The van der Waals surface area contributed by atoms with Gasteiger partial charge in [-0.15, -0.1) is 0 Å². The molecule has 4 heteroatoms. The summed E-state index contributed by atoms with van der Waals surface area (Å²) in [6.45, 7) is 10.0. The van der Waals surface area contributed by atoms with Crippen molar-refractivity contribution in [2.45, 2.75) is 40.7 Å². The molecule has 1 aromatic rings. The van der Waals surface area contributed by atoms with E-state index in [9.17, 15) is 4.79 Å². The van der Waals surface area contributed by atoms with E-state index in [-0.39, 0.29) is 11.3 Å². The minimum atomic E-state index is -0.393. The van der Waals surface area contributed by atoms with Crippen LogP contribution >= 0.6 is 15.9 Å². The van der Waals surface area contributed by atoms with Crippen molar-refractivity contribution < 1.29 is 4.79 Å². The molecule has 0 aliphatic carbocycles. The van der Waals surface area contributed by atoms with E-state index in [1.807, 2.05) is 46.8 Å². The van der Waals surface area contributed by atoms with Gasteiger partial charge in [0.2, 0.25) is 5.91 Å². The fourth-order valence-corrected chi connectivity index (χ4v) is 2.68. The summed E-state index contributed by atoms with van der Waals surface area (Å²) in [5.74, 6) is -0.329. The van der Waals surface area contributed by atoms with Crippen molar-refractivity contribution in [1.29, 1.82) is 0 Å². The van der Waals surface area contributed by atoms with Crippen molar-refractivity contribution in [2.24, 2.45) is 11.1 Å². The number of nitrogens with one attached hydrogen (secondary N) is 1. The second-order valence-electron chi connectivity index (χ2n) is 5.76. The molecule has 1 unspecified atom stereocenters. The van der Waals surface area contributed by atoms with E-state index in [1.54, 1.807) is 0 Å². The first-order chi connectivity index (χ1) is 8.12. The predicted octanol–water partition coefficient (Wildman–Crippen LogP) is 3.38. The molecule has 1 atom stereocenters. The number of nitrogens with two attached hydrogens (primary N) is 1. The van der Waals surface area contributed by atoms with E-state index in [1.165, 1.54) is 0 Å². The van der Waals surface area contributed by atoms with Gasteiger partial charge in [0, 0.05) is 10.2 Å². The standard InChI is InChI=1S/C14H21BrN2O/c1-8-6-10(15)7-9(2)11(8)17-12(13(16)18)14(3,4)5/h6-7,12,17H,1-5H3,(H2,16,18). The maximum absolute atomic E-state index is 11.6. The molecular formula is C14H21BrN2O. The number of rotatable bonds is 3. The number of halogens is 1. The zero-order valence-corrected chi connectivity index (χ0v) is 13.2. The lowest BCUT2D eigenvalue weighted by Crippen LogP contribution is -2.45. The molecule has 0 spiro atoms. The van der Waals surface area contributed by atoms with Gasteiger partial charge < -0.3 is 11.1 Å². The number of hydrogen-bond acceptors (Lipinski definition) is 2. The van der Waals surface area contributed by atoms with E-state index in [0.717, 1.165) is 21.3 Å². The van der Waals surface area contributed by atoms with E-state index in [4.69, 9.17) is 5.73 Å². The number of benzene rings is 1. The Kier molecular flexibility index (Phi) is 4.43. The zero-order chi connectivity index (χ0) is 14.1. The Labute approximate surface area is 117 Å². The van der Waals surface area contributed by atoms with E-state index in [2.05, 4.69) is 21.2 Å². The second kappa shape index (κ2) is 5.31. The highest BCUT2D eigenvalue weighted by molar-refractivity contribution is 9.10. The first-order valence-corrected chi connectivity index (χ1v) is 6.75. The summed E-state index contributed by atoms with van der Waals surface area (Å²) in [7, 11) is 0. The molecule has 3 nitrogen and oxygen atoms in total. The first-order valence-electron chi connectivity index (χ1n) is 5.95. The highest BCUT2D eigenvalue weighted by Gasteiger charge is 2.30. The number of carbonyl (C=O) groups is 1. The average Bonchev–Trinajstić information content (AvgIpc) is 2.12. The van der Waals surface area contributed by atoms with Crippen molar-refractivity contribution >= 4 is 27.5 Å². The maximum Gasteiger partial charge on any atom is 0.240 e. The topological polar surface area (TPSA) is 55.1 Å². The van der Waals surface area contributed by atoms with Crippen LogP contribution in [0.3, 0.4) is 0 Å². The largest absolute Gasteiger partial charge is 0.373 e. The Morgan fingerprint density at radius 1 is 1.28 bits per heavy atom. The van der Waals surface area contributed by atoms with Crippen LogP contribution in [0.4, 0.5) is 5.69 Å². The summed E-state index contributed by atoms with van der Waals surface area (Å²) in [6, 6.07) is 3.66. The Morgan fingerprint density at radius 3 is 2.06 bits per heavy atom. The minimum absolute atomic E-state index is 0.224. The molecule has 100 valence electrons. The fourth-order valence-electron chi connectivity index (χ4n) is 2.00. The van der Waals surface area contributed by atoms with Gasteiger partial charge in [0.25, 0.3) is 0 Å². The highest BCUT2D eigenvalue weighted by atomic mass is 79.9. The minimum Gasteiger partial charge on any atom is -0.373 e. The molecule has 0 heterocycles. The van der Waals surface area contributed by atoms with Gasteiger partial charge in [0.05, 0.1) is 0 Å². The quantitative estimate of drug-likeness (QED) is 0.899. The average molecular weight is 313 g/mol. The van der Waals surface area contributed by atoms with Crippen LogP contribution in [-0.2, 0) is 4.79 Å². The maximum atomic E-state index is 11.6. The second-order valence-corrected chi connectivity index (χ2v) is 6.68. The van der Waals surface area contributed by atoms with Crippen LogP contribution < -0.4 is 11.1 Å². The number of anilines is 1. The van der Waals surface area contributed by atoms with Crippen LogP contribution in [0, 0.1) is 19.3 Å². The summed E-state index contributed by atoms with van der Waals surface area (Å²) >= 11 is 3.46. The normalized spacial score (nSPS) is 13.2. The lowest BCUT2D eigenvalue weighted by atomic mass is 9.86. The molecule has 0 saturated heterocycles. The third-order valence-electron chi connectivity index (χ3n) is 2.94. The summed E-state index contributed by atoms with van der Waals surface area (Å²) < 4.78 is 1.04. The molecule has 3 N–H and O–H groups in total. The van der Waals surface area contributed by atoms with E-state index < -0.39 is 6.04 Å². The molecule has 0 aliphatic heterocycles. The van der Waals surface area contributed by atoms with Crippen LogP contribution in [0.1, 0.15) is 31.9 Å². The van der Waals surface area contributed by atoms with Crippen LogP contribution in [-0.4, -0.2) is 11.9 Å². The number of primary amides is 1. The van der Waals surface area contributed by atoms with Gasteiger partial charge in [-0.25, -0.2) is 0 Å². The Hall–Kier alpha value is -1.03. The van der Waals surface area contributed by atoms with Crippen molar-refractivity contribution in [1.82, 2.24) is 0 Å². The van der Waals surface area contributed by atoms with Gasteiger partial charge >= 0.3 is 0 Å². The monoisotopic (exact) mass is 312 g/mol. The summed E-state index contributed by atoms with van der Waals surface area (Å²) in [5, 5.41) is 3.29. The summed E-state index contributed by atoms with van der Waals surface area (Å²) in [6.07, 6.45) is 0. The molecule has 0 aromatic heterocycles. The molecule has 1 rings (SSSR count). The van der Waals surface area contributed by atoms with Crippen LogP contribution in [0.15, 0.2) is 16.6 Å². The highest BCUT2D eigenvalue weighted by Crippen LogP contribution is 2.29. The molecule has 0 bridgehead atoms. The van der Waals surface area contributed by atoms with Crippen molar-refractivity contribution in [3.8, 4) is 0 Å². The first kappa shape index (κ1) is 15.0. The molecular weight excluding hydrogens is 292 g/mol. The molecule has 18 heavy (non-hydrogen) atoms. The number of hydrogen-bond donors (Lipinski definition) is 2. The number of carbonyl (C=O) groups excluding carboxylic acids is 1. The Morgan fingerprint density at radius 2 is 1.72 bits per heavy atom. The molecule has 1 aromatic carbocycles. The van der Waals surface area contributed by atoms with Crippen molar-refractivity contribution in [3.05, 3.63) is 27.7 Å². The smallest absolute Gasteiger partial charge is 0.240 e. The van der Waals surface area contributed by atoms with Crippen LogP contribution in [0.5, 0.6) is 0 Å². The van der Waals surface area contributed by atoms with Gasteiger partial charge in [-0.3, -0.25) is 4.79 Å². The zero-order valence-electron chi connectivity index (χ0n) is 11.6. The summed E-state index contributed by atoms with van der Waals surface area (Å²) in [4.78, 5) is 11.6. The van der Waals surface area contributed by atoms with Gasteiger partial charge in [-0.05, 0) is 42.5 Å². The lowest BCUT2D eigenvalue weighted by Gasteiger charge is -2.31. The van der Waals surface area contributed by atoms with Crippen LogP contribution in [0.2, 0.25) is 0 Å². The third-order valence-corrected chi connectivity index (χ3v) is 3.39. The van der Waals surface area contributed by atoms with E-state index >= 15 is 0 Å². The van der Waals surface area contributed by atoms with Gasteiger partial charge in [0.15, 0.2) is 0 Å². The molecule has 0 aliphatic rings. The predicted molar refractivity (Wildman–Crippen MR) is 79.7 cm³/mol.